The molecule has 0 saturated heterocycles. The zero-order valence-corrected chi connectivity index (χ0v) is 12.0. The second-order valence-electron chi connectivity index (χ2n) is 4.58. The van der Waals surface area contributed by atoms with Crippen molar-refractivity contribution in [3.05, 3.63) is 46.9 Å². The van der Waals surface area contributed by atoms with E-state index in [9.17, 15) is 4.39 Å². The lowest BCUT2D eigenvalue weighted by Crippen LogP contribution is -2.22. The van der Waals surface area contributed by atoms with Gasteiger partial charge in [0.15, 0.2) is 0 Å². The molecule has 0 bridgehead atoms. The van der Waals surface area contributed by atoms with E-state index in [1.165, 1.54) is 12.1 Å². The van der Waals surface area contributed by atoms with Gasteiger partial charge in [0.1, 0.15) is 11.6 Å². The number of rotatable bonds is 5. The molecule has 6 heteroatoms. The van der Waals surface area contributed by atoms with Crippen LogP contribution in [0.2, 0.25) is 5.02 Å². The summed E-state index contributed by atoms with van der Waals surface area (Å²) in [5.41, 5.74) is 0.813. The topological polar surface area (TPSA) is 47.0 Å². The van der Waals surface area contributed by atoms with E-state index in [0.717, 1.165) is 5.69 Å². The molecule has 0 aliphatic heterocycles. The molecular weight excluding hydrogens is 281 g/mol. The predicted molar refractivity (Wildman–Crippen MR) is 75.5 cm³/mol. The van der Waals surface area contributed by atoms with E-state index >= 15 is 0 Å². The molecule has 1 aromatic carbocycles. The number of benzene rings is 1. The van der Waals surface area contributed by atoms with Gasteiger partial charge in [-0.25, -0.2) is 4.39 Å². The second-order valence-corrected chi connectivity index (χ2v) is 4.98. The van der Waals surface area contributed by atoms with Crippen LogP contribution in [0.25, 0.3) is 0 Å². The van der Waals surface area contributed by atoms with Crippen molar-refractivity contribution >= 4 is 11.6 Å². The minimum atomic E-state index is -0.533. The van der Waals surface area contributed by atoms with Gasteiger partial charge < -0.3 is 10.1 Å². The van der Waals surface area contributed by atoms with Gasteiger partial charge in [-0.15, -0.1) is 5.10 Å². The Hall–Kier alpha value is -1.72. The molecule has 4 nitrogen and oxygen atoms in total. The first kappa shape index (κ1) is 14.7. The maximum absolute atomic E-state index is 13.3. The van der Waals surface area contributed by atoms with E-state index in [1.807, 2.05) is 6.07 Å². The van der Waals surface area contributed by atoms with Gasteiger partial charge in [-0.3, -0.25) is 0 Å². The molecule has 0 radical (unpaired) electrons. The molecule has 1 aromatic heterocycles. The first-order chi connectivity index (χ1) is 9.54. The minimum absolute atomic E-state index is 0.0542. The van der Waals surface area contributed by atoms with Gasteiger partial charge in [0.25, 0.3) is 0 Å². The zero-order valence-electron chi connectivity index (χ0n) is 11.2. The summed E-state index contributed by atoms with van der Waals surface area (Å²) in [5.74, 6) is 0.101. The normalized spacial score (nSPS) is 10.8. The third-order valence-electron chi connectivity index (χ3n) is 2.50. The average Bonchev–Trinajstić information content (AvgIpc) is 2.42. The maximum atomic E-state index is 13.3. The number of aromatic nitrogens is 2. The molecule has 0 amide bonds. The predicted octanol–water partition coefficient (Wildman–Crippen LogP) is 3.56. The van der Waals surface area contributed by atoms with Crippen molar-refractivity contribution in [2.24, 2.45) is 0 Å². The molecule has 1 heterocycles. The van der Waals surface area contributed by atoms with Gasteiger partial charge in [0.2, 0.25) is 5.88 Å². The fourth-order valence-corrected chi connectivity index (χ4v) is 1.58. The smallest absolute Gasteiger partial charge is 0.238 e. The highest BCUT2D eigenvalue weighted by atomic mass is 35.5. The molecule has 20 heavy (non-hydrogen) atoms. The van der Waals surface area contributed by atoms with Gasteiger partial charge in [-0.1, -0.05) is 25.4 Å². The highest BCUT2D eigenvalue weighted by Crippen LogP contribution is 2.23. The molecule has 2 aromatic rings. The van der Waals surface area contributed by atoms with Gasteiger partial charge in [-0.2, -0.15) is 5.10 Å². The molecule has 0 atom stereocenters. The Morgan fingerprint density at radius 2 is 2.05 bits per heavy atom. The van der Waals surface area contributed by atoms with E-state index in [4.69, 9.17) is 16.3 Å². The third-order valence-corrected chi connectivity index (χ3v) is 2.81. The van der Waals surface area contributed by atoms with Crippen LogP contribution in [0.1, 0.15) is 19.5 Å². The van der Waals surface area contributed by atoms with Gasteiger partial charge in [0, 0.05) is 24.7 Å². The van der Waals surface area contributed by atoms with Crippen LogP contribution in [0.5, 0.6) is 11.6 Å². The standard InChI is InChI=1S/C14H15ClFN3O/c1-9(2)17-8-10-3-6-14(19-18-10)20-11-4-5-12(15)13(16)7-11/h3-7,9,17H,8H2,1-2H3. The van der Waals surface area contributed by atoms with E-state index < -0.39 is 5.82 Å². The Labute approximate surface area is 121 Å². The Morgan fingerprint density at radius 1 is 1.25 bits per heavy atom. The molecule has 106 valence electrons. The molecule has 2 rings (SSSR count). The molecule has 0 saturated carbocycles. The highest BCUT2D eigenvalue weighted by Gasteiger charge is 2.05. The monoisotopic (exact) mass is 295 g/mol. The first-order valence-corrected chi connectivity index (χ1v) is 6.61. The number of nitrogens with zero attached hydrogens (tertiary/aromatic N) is 2. The second kappa shape index (κ2) is 6.63. The van der Waals surface area contributed by atoms with Crippen molar-refractivity contribution < 1.29 is 9.13 Å². The van der Waals surface area contributed by atoms with E-state index in [2.05, 4.69) is 29.4 Å². The highest BCUT2D eigenvalue weighted by molar-refractivity contribution is 6.30. The van der Waals surface area contributed by atoms with Gasteiger partial charge >= 0.3 is 0 Å². The van der Waals surface area contributed by atoms with Crippen LogP contribution in [-0.2, 0) is 6.54 Å². The first-order valence-electron chi connectivity index (χ1n) is 6.23. The summed E-state index contributed by atoms with van der Waals surface area (Å²) in [4.78, 5) is 0. The minimum Gasteiger partial charge on any atom is -0.437 e. The summed E-state index contributed by atoms with van der Waals surface area (Å²) >= 11 is 5.60. The SMILES string of the molecule is CC(C)NCc1ccc(Oc2ccc(Cl)c(F)c2)nn1. The summed E-state index contributed by atoms with van der Waals surface area (Å²) in [5, 5.41) is 11.3. The number of ether oxygens (including phenoxy) is 1. The van der Waals surface area contributed by atoms with Crippen LogP contribution in [0.3, 0.4) is 0 Å². The van der Waals surface area contributed by atoms with Crippen LogP contribution in [-0.4, -0.2) is 16.2 Å². The summed E-state index contributed by atoms with van der Waals surface area (Å²) in [6, 6.07) is 8.09. The van der Waals surface area contributed by atoms with Crippen molar-refractivity contribution in [1.29, 1.82) is 0 Å². The fourth-order valence-electron chi connectivity index (χ4n) is 1.47. The number of hydrogen-bond donors (Lipinski definition) is 1. The summed E-state index contributed by atoms with van der Waals surface area (Å²) in [6.07, 6.45) is 0. The van der Waals surface area contributed by atoms with Crippen molar-refractivity contribution in [3.8, 4) is 11.6 Å². The molecular formula is C14H15ClFN3O. The molecule has 0 aliphatic carbocycles. The molecule has 1 N–H and O–H groups in total. The Balaban J connectivity index is 2.01. The maximum Gasteiger partial charge on any atom is 0.238 e. The van der Waals surface area contributed by atoms with Gasteiger partial charge in [0.05, 0.1) is 10.7 Å². The van der Waals surface area contributed by atoms with Crippen LogP contribution < -0.4 is 10.1 Å². The number of hydrogen-bond acceptors (Lipinski definition) is 4. The van der Waals surface area contributed by atoms with Crippen molar-refractivity contribution in [1.82, 2.24) is 15.5 Å². The summed E-state index contributed by atoms with van der Waals surface area (Å²) in [6.45, 7) is 4.75. The Kier molecular flexibility index (Phi) is 4.87. The molecule has 0 fully saturated rings. The van der Waals surface area contributed by atoms with Crippen molar-refractivity contribution in [2.75, 3.05) is 0 Å². The van der Waals surface area contributed by atoms with E-state index in [1.54, 1.807) is 12.1 Å². The van der Waals surface area contributed by atoms with E-state index in [0.29, 0.717) is 24.2 Å². The van der Waals surface area contributed by atoms with Crippen LogP contribution in [0.4, 0.5) is 4.39 Å². The number of nitrogens with one attached hydrogen (secondary N) is 1. The largest absolute Gasteiger partial charge is 0.437 e. The lowest BCUT2D eigenvalue weighted by Gasteiger charge is -2.08. The van der Waals surface area contributed by atoms with Crippen molar-refractivity contribution in [2.45, 2.75) is 26.4 Å². The summed E-state index contributed by atoms with van der Waals surface area (Å²) < 4.78 is 18.7. The Morgan fingerprint density at radius 3 is 2.65 bits per heavy atom. The lowest BCUT2D eigenvalue weighted by molar-refractivity contribution is 0.448. The van der Waals surface area contributed by atoms with Gasteiger partial charge in [-0.05, 0) is 18.2 Å². The summed E-state index contributed by atoms with van der Waals surface area (Å²) in [7, 11) is 0. The van der Waals surface area contributed by atoms with Crippen molar-refractivity contribution in [3.63, 3.8) is 0 Å². The third kappa shape index (κ3) is 4.15. The molecule has 0 unspecified atom stereocenters. The average molecular weight is 296 g/mol. The van der Waals surface area contributed by atoms with Crippen LogP contribution in [0.15, 0.2) is 30.3 Å². The zero-order chi connectivity index (χ0) is 14.5. The Bertz CT molecular complexity index is 575. The lowest BCUT2D eigenvalue weighted by atomic mass is 10.3. The van der Waals surface area contributed by atoms with Crippen LogP contribution >= 0.6 is 11.6 Å². The van der Waals surface area contributed by atoms with Crippen LogP contribution in [0, 0.1) is 5.82 Å². The molecule has 0 spiro atoms. The quantitative estimate of drug-likeness (QED) is 0.916. The number of halogens is 2. The molecule has 0 aliphatic rings. The van der Waals surface area contributed by atoms with E-state index in [-0.39, 0.29) is 5.02 Å². The fraction of sp³-hybridized carbons (Fsp3) is 0.286.